The molecule has 1 fully saturated rings. The van der Waals surface area contributed by atoms with Crippen LogP contribution < -0.4 is 0 Å². The molecule has 5 heteroatoms. The molecule has 5 nitrogen and oxygen atoms in total. The van der Waals surface area contributed by atoms with Gasteiger partial charge in [0.05, 0.1) is 12.5 Å². The lowest BCUT2D eigenvalue weighted by Gasteiger charge is -2.05. The van der Waals surface area contributed by atoms with Crippen LogP contribution in [-0.2, 0) is 6.42 Å². The van der Waals surface area contributed by atoms with Gasteiger partial charge >= 0.3 is 0 Å². The molecule has 0 aromatic carbocycles. The molecule has 0 radical (unpaired) electrons. The van der Waals surface area contributed by atoms with Crippen molar-refractivity contribution in [2.24, 2.45) is 0 Å². The Morgan fingerprint density at radius 1 is 1.67 bits per heavy atom. The van der Waals surface area contributed by atoms with Crippen LogP contribution in [0.1, 0.15) is 31.0 Å². The molecule has 1 N–H and O–H groups in total. The Labute approximate surface area is 89.1 Å². The van der Waals surface area contributed by atoms with Gasteiger partial charge in [-0.2, -0.15) is 4.98 Å². The summed E-state index contributed by atoms with van der Waals surface area (Å²) in [5.74, 6) is 1.71. The van der Waals surface area contributed by atoms with Crippen molar-refractivity contribution in [3.05, 3.63) is 11.7 Å². The van der Waals surface area contributed by atoms with E-state index in [-0.39, 0.29) is 0 Å². The molecule has 0 aliphatic carbocycles. The second-order valence-electron chi connectivity index (χ2n) is 4.35. The Morgan fingerprint density at radius 3 is 3.07 bits per heavy atom. The lowest BCUT2D eigenvalue weighted by molar-refractivity contribution is 0.181. The SMILES string of the molecule is CC(O)Cc1nc(C2CCN(C)C2)no1. The first-order valence-electron chi connectivity index (χ1n) is 5.34. The fourth-order valence-electron chi connectivity index (χ4n) is 1.92. The molecule has 0 saturated carbocycles. The molecule has 1 aromatic rings. The van der Waals surface area contributed by atoms with Crippen LogP contribution in [0, 0.1) is 0 Å². The number of aliphatic hydroxyl groups excluding tert-OH is 1. The van der Waals surface area contributed by atoms with E-state index in [2.05, 4.69) is 22.1 Å². The minimum atomic E-state index is -0.426. The fourth-order valence-corrected chi connectivity index (χ4v) is 1.92. The predicted molar refractivity (Wildman–Crippen MR) is 54.5 cm³/mol. The minimum Gasteiger partial charge on any atom is -0.393 e. The molecule has 15 heavy (non-hydrogen) atoms. The van der Waals surface area contributed by atoms with Gasteiger partial charge in [-0.25, -0.2) is 0 Å². The van der Waals surface area contributed by atoms with Gasteiger partial charge in [-0.1, -0.05) is 5.16 Å². The first-order chi connectivity index (χ1) is 7.15. The Hall–Kier alpha value is -0.940. The molecule has 0 amide bonds. The van der Waals surface area contributed by atoms with Crippen molar-refractivity contribution >= 4 is 0 Å². The third-order valence-electron chi connectivity index (χ3n) is 2.71. The summed E-state index contributed by atoms with van der Waals surface area (Å²) in [7, 11) is 2.09. The molecule has 2 atom stereocenters. The second-order valence-corrected chi connectivity index (χ2v) is 4.35. The van der Waals surface area contributed by atoms with Crippen molar-refractivity contribution < 1.29 is 9.63 Å². The number of likely N-dealkylation sites (N-methyl/N-ethyl adjacent to an activating group) is 1. The van der Waals surface area contributed by atoms with Crippen molar-refractivity contribution in [2.75, 3.05) is 20.1 Å². The van der Waals surface area contributed by atoms with Crippen molar-refractivity contribution in [1.82, 2.24) is 15.0 Å². The van der Waals surface area contributed by atoms with Crippen LogP contribution in [-0.4, -0.2) is 46.4 Å². The normalized spacial score (nSPS) is 24.6. The average molecular weight is 211 g/mol. The third-order valence-corrected chi connectivity index (χ3v) is 2.71. The molecule has 2 rings (SSSR count). The molecule has 0 bridgehead atoms. The van der Waals surface area contributed by atoms with E-state index in [1.807, 2.05) is 0 Å². The van der Waals surface area contributed by atoms with Crippen LogP contribution in [0.25, 0.3) is 0 Å². The zero-order valence-electron chi connectivity index (χ0n) is 9.18. The maximum atomic E-state index is 9.19. The molecule has 1 aliphatic rings. The molecule has 84 valence electrons. The fraction of sp³-hybridized carbons (Fsp3) is 0.800. The van der Waals surface area contributed by atoms with E-state index in [9.17, 15) is 5.11 Å². The van der Waals surface area contributed by atoms with E-state index in [0.717, 1.165) is 25.3 Å². The number of likely N-dealkylation sites (tertiary alicyclic amines) is 1. The third kappa shape index (κ3) is 2.54. The molecular weight excluding hydrogens is 194 g/mol. The number of aliphatic hydroxyl groups is 1. The molecular formula is C10H17N3O2. The highest BCUT2D eigenvalue weighted by Gasteiger charge is 2.25. The van der Waals surface area contributed by atoms with Crippen molar-refractivity contribution in [1.29, 1.82) is 0 Å². The molecule has 2 unspecified atom stereocenters. The predicted octanol–water partition coefficient (Wildman–Crippen LogP) is 0.412. The topological polar surface area (TPSA) is 62.4 Å². The quantitative estimate of drug-likeness (QED) is 0.784. The van der Waals surface area contributed by atoms with Crippen LogP contribution in [0.2, 0.25) is 0 Å². The highest BCUT2D eigenvalue weighted by Crippen LogP contribution is 2.23. The Bertz CT molecular complexity index is 324. The molecule has 2 heterocycles. The maximum absolute atomic E-state index is 9.19. The monoisotopic (exact) mass is 211 g/mol. The highest BCUT2D eigenvalue weighted by atomic mass is 16.5. The summed E-state index contributed by atoms with van der Waals surface area (Å²) in [6.45, 7) is 3.80. The molecule has 1 saturated heterocycles. The lowest BCUT2D eigenvalue weighted by atomic mass is 10.1. The summed E-state index contributed by atoms with van der Waals surface area (Å²) in [5.41, 5.74) is 0. The smallest absolute Gasteiger partial charge is 0.229 e. The van der Waals surface area contributed by atoms with Crippen LogP contribution in [0.5, 0.6) is 0 Å². The lowest BCUT2D eigenvalue weighted by Crippen LogP contribution is -2.13. The van der Waals surface area contributed by atoms with Crippen LogP contribution in [0.3, 0.4) is 0 Å². The van der Waals surface area contributed by atoms with Crippen LogP contribution in [0.15, 0.2) is 4.52 Å². The van der Waals surface area contributed by atoms with E-state index in [0.29, 0.717) is 18.2 Å². The Morgan fingerprint density at radius 2 is 2.47 bits per heavy atom. The van der Waals surface area contributed by atoms with Gasteiger partial charge in [0, 0.05) is 12.5 Å². The Kier molecular flexibility index (Phi) is 3.02. The first-order valence-corrected chi connectivity index (χ1v) is 5.34. The van der Waals surface area contributed by atoms with Gasteiger partial charge in [-0.05, 0) is 26.9 Å². The average Bonchev–Trinajstić information content (AvgIpc) is 2.72. The van der Waals surface area contributed by atoms with Gasteiger partial charge < -0.3 is 14.5 Å². The van der Waals surface area contributed by atoms with Crippen LogP contribution in [0.4, 0.5) is 0 Å². The number of rotatable bonds is 3. The number of aromatic nitrogens is 2. The van der Waals surface area contributed by atoms with Gasteiger partial charge in [-0.15, -0.1) is 0 Å². The van der Waals surface area contributed by atoms with Gasteiger partial charge in [0.25, 0.3) is 0 Å². The summed E-state index contributed by atoms with van der Waals surface area (Å²) < 4.78 is 5.08. The first kappa shape index (κ1) is 10.6. The van der Waals surface area contributed by atoms with E-state index in [1.54, 1.807) is 6.92 Å². The summed E-state index contributed by atoms with van der Waals surface area (Å²) in [4.78, 5) is 6.56. The molecule has 1 aliphatic heterocycles. The van der Waals surface area contributed by atoms with Gasteiger partial charge in [0.15, 0.2) is 5.82 Å². The van der Waals surface area contributed by atoms with E-state index < -0.39 is 6.10 Å². The van der Waals surface area contributed by atoms with Gasteiger partial charge in [0.1, 0.15) is 0 Å². The standard InChI is InChI=1S/C10H17N3O2/c1-7(14)5-9-11-10(12-15-9)8-3-4-13(2)6-8/h7-8,14H,3-6H2,1-2H3. The summed E-state index contributed by atoms with van der Waals surface area (Å²) in [6.07, 6.45) is 1.10. The van der Waals surface area contributed by atoms with E-state index in [4.69, 9.17) is 4.52 Å². The number of nitrogens with zero attached hydrogens (tertiary/aromatic N) is 3. The minimum absolute atomic E-state index is 0.390. The highest BCUT2D eigenvalue weighted by molar-refractivity contribution is 5.00. The van der Waals surface area contributed by atoms with Crippen LogP contribution >= 0.6 is 0 Å². The molecule has 0 spiro atoms. The second kappa shape index (κ2) is 4.28. The van der Waals surface area contributed by atoms with E-state index in [1.165, 1.54) is 0 Å². The largest absolute Gasteiger partial charge is 0.393 e. The molecule has 1 aromatic heterocycles. The van der Waals surface area contributed by atoms with Crippen molar-refractivity contribution in [3.63, 3.8) is 0 Å². The number of hydrogen-bond acceptors (Lipinski definition) is 5. The Balaban J connectivity index is 2.00. The number of hydrogen-bond donors (Lipinski definition) is 1. The van der Waals surface area contributed by atoms with Crippen molar-refractivity contribution in [2.45, 2.75) is 31.8 Å². The van der Waals surface area contributed by atoms with Gasteiger partial charge in [0.2, 0.25) is 5.89 Å². The zero-order chi connectivity index (χ0) is 10.8. The maximum Gasteiger partial charge on any atom is 0.229 e. The zero-order valence-corrected chi connectivity index (χ0v) is 9.18. The summed E-state index contributed by atoms with van der Waals surface area (Å²) in [6, 6.07) is 0. The van der Waals surface area contributed by atoms with E-state index >= 15 is 0 Å². The summed E-state index contributed by atoms with van der Waals surface area (Å²) in [5, 5.41) is 13.1. The van der Waals surface area contributed by atoms with Gasteiger partial charge in [-0.3, -0.25) is 0 Å². The summed E-state index contributed by atoms with van der Waals surface area (Å²) >= 11 is 0. The van der Waals surface area contributed by atoms with Crippen molar-refractivity contribution in [3.8, 4) is 0 Å².